The minimum absolute atomic E-state index is 0.477. The van der Waals surface area contributed by atoms with Crippen molar-refractivity contribution in [2.24, 2.45) is 0 Å². The summed E-state index contributed by atoms with van der Waals surface area (Å²) in [7, 11) is 0. The fraction of sp³-hybridized carbons (Fsp3) is 0.538. The Morgan fingerprint density at radius 2 is 2.32 bits per heavy atom. The lowest BCUT2D eigenvalue weighted by Crippen LogP contribution is -2.20. The summed E-state index contributed by atoms with van der Waals surface area (Å²) in [4.78, 5) is 8.75. The van der Waals surface area contributed by atoms with Crippen molar-refractivity contribution in [2.75, 3.05) is 18.0 Å². The van der Waals surface area contributed by atoms with Gasteiger partial charge in [-0.05, 0) is 41.6 Å². The van der Waals surface area contributed by atoms with Gasteiger partial charge < -0.3 is 4.90 Å². The highest BCUT2D eigenvalue weighted by atomic mass is 79.9. The molecule has 2 aliphatic rings. The predicted octanol–water partition coefficient (Wildman–Crippen LogP) is 3.04. The van der Waals surface area contributed by atoms with Crippen LogP contribution in [0.4, 0.5) is 5.13 Å². The quantitative estimate of drug-likeness (QED) is 0.843. The van der Waals surface area contributed by atoms with Gasteiger partial charge in [0.2, 0.25) is 0 Å². The molecule has 0 bridgehead atoms. The molecular formula is C13H15BrN4S. The maximum absolute atomic E-state index is 4.81. The van der Waals surface area contributed by atoms with Gasteiger partial charge in [-0.15, -0.1) is 11.3 Å². The Morgan fingerprint density at radius 3 is 3.11 bits per heavy atom. The molecule has 2 aromatic rings. The molecule has 4 nitrogen and oxygen atoms in total. The fourth-order valence-electron chi connectivity index (χ4n) is 2.96. The van der Waals surface area contributed by atoms with E-state index in [1.54, 1.807) is 0 Å². The van der Waals surface area contributed by atoms with Crippen LogP contribution >= 0.6 is 27.3 Å². The van der Waals surface area contributed by atoms with E-state index in [0.29, 0.717) is 6.04 Å². The van der Waals surface area contributed by atoms with Gasteiger partial charge >= 0.3 is 0 Å². The molecule has 6 heteroatoms. The van der Waals surface area contributed by atoms with Crippen LogP contribution in [0, 0.1) is 0 Å². The number of fused-ring (bicyclic) bond motifs is 1. The molecule has 0 amide bonds. The summed E-state index contributed by atoms with van der Waals surface area (Å²) in [5.74, 6) is 0. The van der Waals surface area contributed by atoms with Gasteiger partial charge in [0.1, 0.15) is 0 Å². The Kier molecular flexibility index (Phi) is 2.88. The van der Waals surface area contributed by atoms with Crippen LogP contribution in [0.2, 0.25) is 0 Å². The largest absolute Gasteiger partial charge is 0.346 e. The maximum Gasteiger partial charge on any atom is 0.185 e. The smallest absolute Gasteiger partial charge is 0.185 e. The predicted molar refractivity (Wildman–Crippen MR) is 79.9 cm³/mol. The van der Waals surface area contributed by atoms with Gasteiger partial charge in [0, 0.05) is 24.2 Å². The Labute approximate surface area is 124 Å². The van der Waals surface area contributed by atoms with Crippen LogP contribution < -0.4 is 4.90 Å². The van der Waals surface area contributed by atoms with Gasteiger partial charge in [0.15, 0.2) is 5.13 Å². The summed E-state index contributed by atoms with van der Waals surface area (Å²) in [6.07, 6.45) is 8.78. The third-order valence-corrected chi connectivity index (χ3v) is 5.59. The Bertz CT molecular complexity index is 584. The molecule has 100 valence electrons. The number of aryl methyl sites for hydroxylation is 2. The van der Waals surface area contributed by atoms with E-state index in [9.17, 15) is 0 Å². The molecule has 19 heavy (non-hydrogen) atoms. The van der Waals surface area contributed by atoms with Gasteiger partial charge in [-0.2, -0.15) is 5.10 Å². The average molecular weight is 339 g/mol. The van der Waals surface area contributed by atoms with E-state index in [2.05, 4.69) is 36.8 Å². The summed E-state index contributed by atoms with van der Waals surface area (Å²) in [6, 6.07) is 0.477. The van der Waals surface area contributed by atoms with Crippen molar-refractivity contribution in [1.82, 2.24) is 14.8 Å². The number of thiazole rings is 1. The standard InChI is InChI=1S/C13H15BrN4S/c14-9-6-15-18(7-9)10-4-5-17(8-10)13-16-11-2-1-3-12(11)19-13/h6-7,10H,1-5,8H2. The normalized spacial score (nSPS) is 22.2. The lowest BCUT2D eigenvalue weighted by molar-refractivity contribution is 0.494. The van der Waals surface area contributed by atoms with E-state index in [-0.39, 0.29) is 0 Å². The first-order valence-electron chi connectivity index (χ1n) is 6.73. The van der Waals surface area contributed by atoms with Crippen LogP contribution in [-0.4, -0.2) is 27.9 Å². The van der Waals surface area contributed by atoms with Crippen molar-refractivity contribution in [3.63, 3.8) is 0 Å². The summed E-state index contributed by atoms with van der Waals surface area (Å²) in [6.45, 7) is 2.12. The highest BCUT2D eigenvalue weighted by molar-refractivity contribution is 9.10. The van der Waals surface area contributed by atoms with E-state index in [1.807, 2.05) is 17.5 Å². The minimum Gasteiger partial charge on any atom is -0.346 e. The summed E-state index contributed by atoms with van der Waals surface area (Å²) in [5, 5.41) is 5.62. The second kappa shape index (κ2) is 4.59. The van der Waals surface area contributed by atoms with Gasteiger partial charge in [0.25, 0.3) is 0 Å². The molecule has 1 atom stereocenters. The fourth-order valence-corrected chi connectivity index (χ4v) is 4.44. The molecule has 2 aromatic heterocycles. The molecule has 3 heterocycles. The van der Waals surface area contributed by atoms with E-state index in [1.165, 1.54) is 35.0 Å². The van der Waals surface area contributed by atoms with Crippen LogP contribution in [-0.2, 0) is 12.8 Å². The first-order valence-corrected chi connectivity index (χ1v) is 8.34. The SMILES string of the molecule is Brc1cnn(C2CCN(c3nc4c(s3)CCC4)C2)c1. The van der Waals surface area contributed by atoms with Crippen molar-refractivity contribution in [3.05, 3.63) is 27.4 Å². The lowest BCUT2D eigenvalue weighted by atomic mass is 10.3. The molecule has 0 spiro atoms. The third-order valence-electron chi connectivity index (χ3n) is 3.96. The molecule has 1 aliphatic carbocycles. The zero-order valence-electron chi connectivity index (χ0n) is 10.5. The van der Waals surface area contributed by atoms with Gasteiger partial charge in [0.05, 0.1) is 22.4 Å². The molecule has 1 unspecified atom stereocenters. The van der Waals surface area contributed by atoms with E-state index in [0.717, 1.165) is 24.0 Å². The van der Waals surface area contributed by atoms with Crippen molar-refractivity contribution < 1.29 is 0 Å². The number of hydrogen-bond acceptors (Lipinski definition) is 4. The zero-order chi connectivity index (χ0) is 12.8. The summed E-state index contributed by atoms with van der Waals surface area (Å²) >= 11 is 5.36. The molecule has 4 rings (SSSR count). The molecule has 1 aliphatic heterocycles. The molecule has 0 radical (unpaired) electrons. The van der Waals surface area contributed by atoms with Gasteiger partial charge in [-0.1, -0.05) is 0 Å². The van der Waals surface area contributed by atoms with E-state index in [4.69, 9.17) is 4.98 Å². The van der Waals surface area contributed by atoms with E-state index < -0.39 is 0 Å². The lowest BCUT2D eigenvalue weighted by Gasteiger charge is -2.15. The Hall–Kier alpha value is -0.880. The highest BCUT2D eigenvalue weighted by Crippen LogP contribution is 2.35. The molecule has 0 N–H and O–H groups in total. The molecular weight excluding hydrogens is 324 g/mol. The number of rotatable bonds is 2. The first-order chi connectivity index (χ1) is 9.29. The second-order valence-corrected chi connectivity index (χ2v) is 7.22. The number of aromatic nitrogens is 3. The van der Waals surface area contributed by atoms with Crippen molar-refractivity contribution >= 4 is 32.4 Å². The van der Waals surface area contributed by atoms with Crippen LogP contribution in [0.25, 0.3) is 0 Å². The van der Waals surface area contributed by atoms with Gasteiger partial charge in [-0.25, -0.2) is 4.98 Å². The number of nitrogens with zero attached hydrogens (tertiary/aromatic N) is 4. The Morgan fingerprint density at radius 1 is 1.37 bits per heavy atom. The molecule has 1 saturated heterocycles. The van der Waals surface area contributed by atoms with Crippen molar-refractivity contribution in [3.8, 4) is 0 Å². The van der Waals surface area contributed by atoms with Crippen LogP contribution in [0.15, 0.2) is 16.9 Å². The van der Waals surface area contributed by atoms with Crippen molar-refractivity contribution in [1.29, 1.82) is 0 Å². The van der Waals surface area contributed by atoms with Crippen LogP contribution in [0.3, 0.4) is 0 Å². The number of hydrogen-bond donors (Lipinski definition) is 0. The minimum atomic E-state index is 0.477. The number of halogens is 1. The molecule has 0 saturated carbocycles. The highest BCUT2D eigenvalue weighted by Gasteiger charge is 2.28. The van der Waals surface area contributed by atoms with Gasteiger partial charge in [-0.3, -0.25) is 4.68 Å². The van der Waals surface area contributed by atoms with E-state index >= 15 is 0 Å². The summed E-state index contributed by atoms with van der Waals surface area (Å²) < 4.78 is 3.13. The first kappa shape index (κ1) is 11.9. The topological polar surface area (TPSA) is 34.0 Å². The Balaban J connectivity index is 1.52. The number of anilines is 1. The maximum atomic E-state index is 4.81. The second-order valence-electron chi connectivity index (χ2n) is 5.25. The summed E-state index contributed by atoms with van der Waals surface area (Å²) in [5.41, 5.74) is 1.35. The monoisotopic (exact) mass is 338 g/mol. The third kappa shape index (κ3) is 2.10. The van der Waals surface area contributed by atoms with Crippen LogP contribution in [0.1, 0.15) is 29.5 Å². The molecule has 1 fully saturated rings. The van der Waals surface area contributed by atoms with Crippen LogP contribution in [0.5, 0.6) is 0 Å². The van der Waals surface area contributed by atoms with Crippen molar-refractivity contribution in [2.45, 2.75) is 31.7 Å². The average Bonchev–Trinajstić information content (AvgIpc) is 3.10. The zero-order valence-corrected chi connectivity index (χ0v) is 13.0. The molecule has 0 aromatic carbocycles.